The predicted molar refractivity (Wildman–Crippen MR) is 109 cm³/mol. The Labute approximate surface area is 181 Å². The number of aryl methyl sites for hydroxylation is 1. The van der Waals surface area contributed by atoms with Gasteiger partial charge in [-0.05, 0) is 36.2 Å². The van der Waals surface area contributed by atoms with Gasteiger partial charge in [-0.1, -0.05) is 35.5 Å². The molecule has 168 valence electrons. The first-order valence-corrected chi connectivity index (χ1v) is 9.66. The molecule has 1 heterocycles. The van der Waals surface area contributed by atoms with E-state index in [4.69, 9.17) is 0 Å². The van der Waals surface area contributed by atoms with Crippen LogP contribution in [0.4, 0.5) is 13.2 Å². The SMILES string of the molecule is O=C(CCc1cn(-c2ccccc2)nn1)N[C@@H](Cc1cccc(OC(F)(F)F)c1)B(O)O. The highest BCUT2D eigenvalue weighted by Crippen LogP contribution is 2.23. The van der Waals surface area contributed by atoms with Crippen LogP contribution in [0.25, 0.3) is 5.69 Å². The van der Waals surface area contributed by atoms with E-state index in [2.05, 4.69) is 20.4 Å². The zero-order valence-corrected chi connectivity index (χ0v) is 16.7. The summed E-state index contributed by atoms with van der Waals surface area (Å²) in [5.41, 5.74) is 1.72. The van der Waals surface area contributed by atoms with E-state index in [1.165, 1.54) is 12.1 Å². The van der Waals surface area contributed by atoms with Crippen molar-refractivity contribution in [3.8, 4) is 11.4 Å². The van der Waals surface area contributed by atoms with Gasteiger partial charge in [-0.2, -0.15) is 0 Å². The Kier molecular flexibility index (Phi) is 7.49. The number of carbonyl (C=O) groups is 1. The largest absolute Gasteiger partial charge is 0.573 e. The molecule has 1 amide bonds. The zero-order valence-electron chi connectivity index (χ0n) is 16.7. The zero-order chi connectivity index (χ0) is 23.1. The lowest BCUT2D eigenvalue weighted by molar-refractivity contribution is -0.274. The number of nitrogens with one attached hydrogen (secondary N) is 1. The molecule has 3 N–H and O–H groups in total. The number of alkyl halides is 3. The molecule has 0 aliphatic carbocycles. The fourth-order valence-electron chi connectivity index (χ4n) is 2.99. The molecular weight excluding hydrogens is 428 g/mol. The molecule has 8 nitrogen and oxygen atoms in total. The number of carbonyl (C=O) groups excluding carboxylic acids is 1. The van der Waals surface area contributed by atoms with E-state index in [0.29, 0.717) is 11.3 Å². The van der Waals surface area contributed by atoms with Crippen LogP contribution in [0.1, 0.15) is 17.7 Å². The second-order valence-electron chi connectivity index (χ2n) is 6.98. The second kappa shape index (κ2) is 10.3. The van der Waals surface area contributed by atoms with Gasteiger partial charge in [0, 0.05) is 12.8 Å². The monoisotopic (exact) mass is 448 g/mol. The minimum atomic E-state index is -4.84. The van der Waals surface area contributed by atoms with Crippen molar-refractivity contribution in [1.29, 1.82) is 0 Å². The summed E-state index contributed by atoms with van der Waals surface area (Å²) in [5.74, 6) is -2.03. The van der Waals surface area contributed by atoms with Crippen LogP contribution in [0, 0.1) is 0 Å². The summed E-state index contributed by atoms with van der Waals surface area (Å²) in [6.07, 6.45) is -2.99. The molecule has 0 fully saturated rings. The molecule has 0 saturated carbocycles. The van der Waals surface area contributed by atoms with E-state index >= 15 is 0 Å². The molecule has 0 aliphatic heterocycles. The van der Waals surface area contributed by atoms with Crippen LogP contribution < -0.4 is 10.1 Å². The minimum Gasteiger partial charge on any atom is -0.426 e. The maximum Gasteiger partial charge on any atom is 0.573 e. The molecular formula is C20H20BF3N4O4. The van der Waals surface area contributed by atoms with Crippen molar-refractivity contribution in [3.63, 3.8) is 0 Å². The summed E-state index contributed by atoms with van der Waals surface area (Å²) >= 11 is 0. The molecule has 3 aromatic rings. The van der Waals surface area contributed by atoms with Gasteiger partial charge in [-0.3, -0.25) is 4.79 Å². The van der Waals surface area contributed by atoms with E-state index in [1.54, 1.807) is 10.9 Å². The smallest absolute Gasteiger partial charge is 0.426 e. The first kappa shape index (κ1) is 23.3. The number of aromatic nitrogens is 3. The molecule has 0 saturated heterocycles. The van der Waals surface area contributed by atoms with Crippen molar-refractivity contribution >= 4 is 13.0 Å². The Morgan fingerprint density at radius 1 is 1.16 bits per heavy atom. The molecule has 1 aromatic heterocycles. The number of nitrogens with zero attached hydrogens (tertiary/aromatic N) is 3. The Morgan fingerprint density at radius 3 is 2.59 bits per heavy atom. The number of hydrogen-bond donors (Lipinski definition) is 3. The van der Waals surface area contributed by atoms with Crippen LogP contribution in [-0.2, 0) is 17.6 Å². The van der Waals surface area contributed by atoms with Crippen molar-refractivity contribution in [2.24, 2.45) is 0 Å². The highest BCUT2D eigenvalue weighted by molar-refractivity contribution is 6.43. The van der Waals surface area contributed by atoms with Crippen molar-refractivity contribution in [3.05, 3.63) is 72.1 Å². The maximum atomic E-state index is 12.4. The van der Waals surface area contributed by atoms with E-state index in [-0.39, 0.29) is 19.3 Å². The summed E-state index contributed by atoms with van der Waals surface area (Å²) in [6, 6.07) is 14.4. The molecule has 32 heavy (non-hydrogen) atoms. The molecule has 12 heteroatoms. The summed E-state index contributed by atoms with van der Waals surface area (Å²) < 4.78 is 42.6. The number of ether oxygens (including phenoxy) is 1. The topological polar surface area (TPSA) is 110 Å². The van der Waals surface area contributed by atoms with Gasteiger partial charge in [0.15, 0.2) is 0 Å². The number of halogens is 3. The Morgan fingerprint density at radius 2 is 1.91 bits per heavy atom. The van der Waals surface area contributed by atoms with Gasteiger partial charge in [0.05, 0.1) is 23.5 Å². The molecule has 0 spiro atoms. The first-order valence-electron chi connectivity index (χ1n) is 9.66. The van der Waals surface area contributed by atoms with Crippen LogP contribution in [0.5, 0.6) is 5.75 Å². The molecule has 0 unspecified atom stereocenters. The first-order chi connectivity index (χ1) is 15.2. The van der Waals surface area contributed by atoms with Crippen LogP contribution in [0.3, 0.4) is 0 Å². The van der Waals surface area contributed by atoms with Crippen LogP contribution >= 0.6 is 0 Å². The van der Waals surface area contributed by atoms with Crippen LogP contribution in [0.15, 0.2) is 60.8 Å². The minimum absolute atomic E-state index is 0.00786. The lowest BCUT2D eigenvalue weighted by Crippen LogP contribution is -2.48. The van der Waals surface area contributed by atoms with Crippen molar-refractivity contribution in [2.45, 2.75) is 31.6 Å². The summed E-state index contributed by atoms with van der Waals surface area (Å²) in [4.78, 5) is 12.3. The Hall–Kier alpha value is -3.38. The Balaban J connectivity index is 1.55. The summed E-state index contributed by atoms with van der Waals surface area (Å²) in [7, 11) is -1.91. The van der Waals surface area contributed by atoms with Gasteiger partial charge in [-0.15, -0.1) is 18.3 Å². The van der Waals surface area contributed by atoms with Gasteiger partial charge in [0.2, 0.25) is 5.91 Å². The summed E-state index contributed by atoms with van der Waals surface area (Å²) in [6.45, 7) is 0. The maximum absolute atomic E-state index is 12.4. The quantitative estimate of drug-likeness (QED) is 0.431. The molecule has 0 aliphatic rings. The highest BCUT2D eigenvalue weighted by Gasteiger charge is 2.31. The Bertz CT molecular complexity index is 1030. The highest BCUT2D eigenvalue weighted by atomic mass is 19.4. The molecule has 1 atom stereocenters. The van der Waals surface area contributed by atoms with E-state index in [9.17, 15) is 28.0 Å². The van der Waals surface area contributed by atoms with Gasteiger partial charge in [-0.25, -0.2) is 4.68 Å². The molecule has 2 aromatic carbocycles. The number of benzene rings is 2. The third-order valence-corrected chi connectivity index (χ3v) is 4.46. The van der Waals surface area contributed by atoms with Gasteiger partial charge < -0.3 is 20.1 Å². The standard InChI is InChI=1S/C20H20BF3N4O4/c22-20(23,24)32-17-8-4-5-14(11-17)12-18(21(30)31)25-19(29)10-9-15-13-28(27-26-15)16-6-2-1-3-7-16/h1-8,11,13,18,30-31H,9-10,12H2,(H,25,29)/t18-/m0/s1. The average molecular weight is 448 g/mol. The predicted octanol–water partition coefficient (Wildman–Crippen LogP) is 1.84. The number of hydrogen-bond acceptors (Lipinski definition) is 6. The second-order valence-corrected chi connectivity index (χ2v) is 6.98. The number of para-hydroxylation sites is 1. The molecule has 3 rings (SSSR count). The lowest BCUT2D eigenvalue weighted by atomic mass is 9.76. The fourth-order valence-corrected chi connectivity index (χ4v) is 2.99. The van der Waals surface area contributed by atoms with Crippen LogP contribution in [-0.4, -0.2) is 50.4 Å². The van der Waals surface area contributed by atoms with Crippen LogP contribution in [0.2, 0.25) is 0 Å². The number of amides is 1. The van der Waals surface area contributed by atoms with E-state index in [0.717, 1.165) is 17.8 Å². The van der Waals surface area contributed by atoms with Crippen molar-refractivity contribution in [2.75, 3.05) is 0 Å². The fraction of sp³-hybridized carbons (Fsp3) is 0.250. The van der Waals surface area contributed by atoms with Crippen molar-refractivity contribution in [1.82, 2.24) is 20.3 Å². The number of rotatable bonds is 9. The summed E-state index contributed by atoms with van der Waals surface area (Å²) in [5, 5.41) is 29.7. The average Bonchev–Trinajstić information content (AvgIpc) is 3.20. The van der Waals surface area contributed by atoms with E-state index < -0.39 is 31.1 Å². The lowest BCUT2D eigenvalue weighted by Gasteiger charge is -2.18. The normalized spacial score (nSPS) is 12.3. The van der Waals surface area contributed by atoms with Crippen molar-refractivity contribution < 1.29 is 32.8 Å². The van der Waals surface area contributed by atoms with E-state index in [1.807, 2.05) is 30.3 Å². The van der Waals surface area contributed by atoms with Gasteiger partial charge >= 0.3 is 13.5 Å². The third-order valence-electron chi connectivity index (χ3n) is 4.46. The molecule has 0 bridgehead atoms. The van der Waals surface area contributed by atoms with Gasteiger partial charge in [0.25, 0.3) is 0 Å². The third kappa shape index (κ3) is 7.10. The van der Waals surface area contributed by atoms with Gasteiger partial charge in [0.1, 0.15) is 5.75 Å². The molecule has 0 radical (unpaired) electrons.